The van der Waals surface area contributed by atoms with Gasteiger partial charge in [0, 0.05) is 12.4 Å². The molecule has 0 radical (unpaired) electrons. The Morgan fingerprint density at radius 1 is 1.40 bits per heavy atom. The molecule has 20 heavy (non-hydrogen) atoms. The predicted octanol–water partition coefficient (Wildman–Crippen LogP) is 1.16. The summed E-state index contributed by atoms with van der Waals surface area (Å²) in [6.07, 6.45) is -0.423. The molecule has 0 spiro atoms. The van der Waals surface area contributed by atoms with Gasteiger partial charge >= 0.3 is 0 Å². The highest BCUT2D eigenvalue weighted by atomic mass is 32.1. The highest BCUT2D eigenvalue weighted by Crippen LogP contribution is 2.29. The van der Waals surface area contributed by atoms with Crippen molar-refractivity contribution >= 4 is 38.6 Å². The molecule has 106 valence electrons. The van der Waals surface area contributed by atoms with Crippen molar-refractivity contribution in [2.24, 2.45) is 0 Å². The first kappa shape index (κ1) is 14.3. The lowest BCUT2D eigenvalue weighted by molar-refractivity contribution is -0.305. The lowest BCUT2D eigenvalue weighted by Gasteiger charge is -2.01. The number of aromatic nitrogens is 1. The summed E-state index contributed by atoms with van der Waals surface area (Å²) in [4.78, 5) is 26.0. The van der Waals surface area contributed by atoms with E-state index in [1.54, 1.807) is 0 Å². The average molecular weight is 293 g/mol. The molecule has 1 amide bonds. The third-order valence-electron chi connectivity index (χ3n) is 2.47. The number of amides is 1. The molecular weight excluding hydrogens is 280 g/mol. The molecule has 1 N–H and O–H groups in total. The first-order valence-electron chi connectivity index (χ1n) is 6.11. The summed E-state index contributed by atoms with van der Waals surface area (Å²) in [6, 6.07) is 5.48. The zero-order valence-corrected chi connectivity index (χ0v) is 11.7. The molecule has 0 saturated carbocycles. The minimum absolute atomic E-state index is 0.123. The molecule has 0 aliphatic heterocycles. The molecule has 0 unspecified atom stereocenters. The number of hydrogen-bond donors (Lipinski definition) is 1. The summed E-state index contributed by atoms with van der Waals surface area (Å²) in [5, 5.41) is 13.3. The first-order chi connectivity index (χ1) is 9.58. The SMILES string of the molecule is CCOc1ccc2nc(NC(=O)CCC(=O)[O-])sc2c1. The zero-order chi connectivity index (χ0) is 14.5. The van der Waals surface area contributed by atoms with Gasteiger partial charge in [0.25, 0.3) is 0 Å². The van der Waals surface area contributed by atoms with Gasteiger partial charge in [-0.2, -0.15) is 0 Å². The number of nitrogens with zero attached hydrogens (tertiary/aromatic N) is 1. The van der Waals surface area contributed by atoms with Crippen molar-refractivity contribution in [1.82, 2.24) is 4.98 Å². The number of fused-ring (bicyclic) bond motifs is 1. The van der Waals surface area contributed by atoms with Crippen LogP contribution in [-0.4, -0.2) is 23.5 Å². The zero-order valence-electron chi connectivity index (χ0n) is 10.8. The van der Waals surface area contributed by atoms with Crippen LogP contribution in [0.15, 0.2) is 18.2 Å². The van der Waals surface area contributed by atoms with Crippen LogP contribution in [0.4, 0.5) is 5.13 Å². The Balaban J connectivity index is 2.07. The molecule has 1 aromatic carbocycles. The number of carboxylic acid groups (broad SMARTS) is 1. The summed E-state index contributed by atoms with van der Waals surface area (Å²) < 4.78 is 6.28. The van der Waals surface area contributed by atoms with Crippen LogP contribution >= 0.6 is 11.3 Å². The van der Waals surface area contributed by atoms with Crippen molar-refractivity contribution in [3.8, 4) is 5.75 Å². The standard InChI is InChI=1S/C13H14N2O4S/c1-2-19-8-3-4-9-10(7-8)20-13(14-9)15-11(16)5-6-12(17)18/h3-4,7H,2,5-6H2,1H3,(H,17,18)(H,14,15,16)/p-1. The Labute approximate surface area is 119 Å². The molecule has 1 heterocycles. The van der Waals surface area contributed by atoms with Crippen LogP contribution in [0.2, 0.25) is 0 Å². The Hall–Kier alpha value is -2.15. The van der Waals surface area contributed by atoms with Gasteiger partial charge in [0.15, 0.2) is 5.13 Å². The van der Waals surface area contributed by atoms with Crippen molar-refractivity contribution in [3.05, 3.63) is 18.2 Å². The van der Waals surface area contributed by atoms with Crippen LogP contribution in [-0.2, 0) is 9.59 Å². The number of hydrogen-bond acceptors (Lipinski definition) is 6. The monoisotopic (exact) mass is 293 g/mol. The van der Waals surface area contributed by atoms with Gasteiger partial charge in [0.2, 0.25) is 5.91 Å². The Bertz CT molecular complexity index is 638. The minimum atomic E-state index is -1.24. The molecule has 0 aliphatic carbocycles. The summed E-state index contributed by atoms with van der Waals surface area (Å²) in [7, 11) is 0. The van der Waals surface area contributed by atoms with Crippen LogP contribution in [0.3, 0.4) is 0 Å². The fraction of sp³-hybridized carbons (Fsp3) is 0.308. The second kappa shape index (κ2) is 6.33. The van der Waals surface area contributed by atoms with Gasteiger partial charge in [-0.1, -0.05) is 11.3 Å². The maximum absolute atomic E-state index is 11.5. The number of thiazole rings is 1. The van der Waals surface area contributed by atoms with Gasteiger partial charge in [0.1, 0.15) is 5.75 Å². The summed E-state index contributed by atoms with van der Waals surface area (Å²) in [6.45, 7) is 2.48. The van der Waals surface area contributed by atoms with Crippen molar-refractivity contribution in [1.29, 1.82) is 0 Å². The predicted molar refractivity (Wildman–Crippen MR) is 73.7 cm³/mol. The second-order valence-corrected chi connectivity index (χ2v) is 5.03. The van der Waals surface area contributed by atoms with Crippen LogP contribution in [0.25, 0.3) is 10.2 Å². The number of carbonyl (C=O) groups excluding carboxylic acids is 2. The lowest BCUT2D eigenvalue weighted by Crippen LogP contribution is -2.24. The van der Waals surface area contributed by atoms with Crippen molar-refractivity contribution in [2.75, 3.05) is 11.9 Å². The molecule has 2 aromatic rings. The van der Waals surface area contributed by atoms with Crippen LogP contribution in [0.1, 0.15) is 19.8 Å². The maximum atomic E-state index is 11.5. The highest BCUT2D eigenvalue weighted by molar-refractivity contribution is 7.22. The Morgan fingerprint density at radius 3 is 2.90 bits per heavy atom. The molecule has 1 aromatic heterocycles. The Kier molecular flexibility index (Phi) is 4.52. The third-order valence-corrected chi connectivity index (χ3v) is 3.41. The number of nitrogens with one attached hydrogen (secondary N) is 1. The van der Waals surface area contributed by atoms with Gasteiger partial charge < -0.3 is 20.0 Å². The fourth-order valence-electron chi connectivity index (χ4n) is 1.61. The average Bonchev–Trinajstić information content (AvgIpc) is 2.78. The molecular formula is C13H13N2O4S-. The number of benzene rings is 1. The minimum Gasteiger partial charge on any atom is -0.550 e. The molecule has 0 aliphatic rings. The van der Waals surface area contributed by atoms with E-state index in [2.05, 4.69) is 10.3 Å². The van der Waals surface area contributed by atoms with Gasteiger partial charge in [0.05, 0.1) is 16.8 Å². The third kappa shape index (κ3) is 3.67. The number of carboxylic acids is 1. The molecule has 0 fully saturated rings. The van der Waals surface area contributed by atoms with E-state index in [4.69, 9.17) is 4.74 Å². The van der Waals surface area contributed by atoms with Crippen molar-refractivity contribution in [3.63, 3.8) is 0 Å². The molecule has 0 atom stereocenters. The normalized spacial score (nSPS) is 10.4. The van der Waals surface area contributed by atoms with Gasteiger partial charge in [-0.15, -0.1) is 0 Å². The number of carbonyl (C=O) groups is 2. The topological polar surface area (TPSA) is 91.3 Å². The highest BCUT2D eigenvalue weighted by Gasteiger charge is 2.08. The second-order valence-electron chi connectivity index (χ2n) is 4.00. The summed E-state index contributed by atoms with van der Waals surface area (Å²) in [5.41, 5.74) is 0.758. The van der Waals surface area contributed by atoms with E-state index >= 15 is 0 Å². The van der Waals surface area contributed by atoms with Crippen LogP contribution < -0.4 is 15.2 Å². The number of anilines is 1. The first-order valence-corrected chi connectivity index (χ1v) is 6.93. The lowest BCUT2D eigenvalue weighted by atomic mass is 10.3. The van der Waals surface area contributed by atoms with E-state index in [-0.39, 0.29) is 12.8 Å². The molecule has 2 rings (SSSR count). The fourth-order valence-corrected chi connectivity index (χ4v) is 2.52. The summed E-state index contributed by atoms with van der Waals surface area (Å²) in [5.74, 6) is -0.887. The van der Waals surface area contributed by atoms with E-state index in [0.29, 0.717) is 11.7 Å². The number of ether oxygens (including phenoxy) is 1. The maximum Gasteiger partial charge on any atom is 0.226 e. The van der Waals surface area contributed by atoms with E-state index < -0.39 is 11.9 Å². The van der Waals surface area contributed by atoms with Gasteiger partial charge in [-0.05, 0) is 31.5 Å². The smallest absolute Gasteiger partial charge is 0.226 e. The van der Waals surface area contributed by atoms with Gasteiger partial charge in [-0.3, -0.25) is 4.79 Å². The van der Waals surface area contributed by atoms with E-state index in [9.17, 15) is 14.7 Å². The Morgan fingerprint density at radius 2 is 2.20 bits per heavy atom. The van der Waals surface area contributed by atoms with Gasteiger partial charge in [-0.25, -0.2) is 4.98 Å². The van der Waals surface area contributed by atoms with Crippen LogP contribution in [0.5, 0.6) is 5.75 Å². The molecule has 7 heteroatoms. The molecule has 0 saturated heterocycles. The largest absolute Gasteiger partial charge is 0.550 e. The quantitative estimate of drug-likeness (QED) is 0.863. The van der Waals surface area contributed by atoms with Crippen molar-refractivity contribution < 1.29 is 19.4 Å². The molecule has 0 bridgehead atoms. The van der Waals surface area contributed by atoms with E-state index in [1.165, 1.54) is 11.3 Å². The number of rotatable bonds is 6. The van der Waals surface area contributed by atoms with Crippen LogP contribution in [0, 0.1) is 0 Å². The van der Waals surface area contributed by atoms with E-state index in [1.807, 2.05) is 25.1 Å². The molecule has 6 nitrogen and oxygen atoms in total. The summed E-state index contributed by atoms with van der Waals surface area (Å²) >= 11 is 1.31. The number of aliphatic carboxylic acids is 1. The van der Waals surface area contributed by atoms with E-state index in [0.717, 1.165) is 16.0 Å². The van der Waals surface area contributed by atoms with Crippen molar-refractivity contribution in [2.45, 2.75) is 19.8 Å².